The number of ether oxygens (including phenoxy) is 2. The third kappa shape index (κ3) is 3.40. The second kappa shape index (κ2) is 8.14. The van der Waals surface area contributed by atoms with Gasteiger partial charge in [0.2, 0.25) is 5.88 Å². The Morgan fingerprint density at radius 2 is 2.26 bits per heavy atom. The van der Waals surface area contributed by atoms with E-state index in [4.69, 9.17) is 4.74 Å². The average molecular weight is 472 g/mol. The van der Waals surface area contributed by atoms with Crippen LogP contribution in [0, 0.1) is 11.3 Å². The summed E-state index contributed by atoms with van der Waals surface area (Å²) in [5.41, 5.74) is 1.38. The fraction of sp³-hybridized carbons (Fsp3) is 0.286. The van der Waals surface area contributed by atoms with Crippen molar-refractivity contribution >= 4 is 17.1 Å². The van der Waals surface area contributed by atoms with Gasteiger partial charge in [0.15, 0.2) is 5.69 Å². The zero-order valence-corrected chi connectivity index (χ0v) is 18.0. The lowest BCUT2D eigenvalue weighted by Crippen LogP contribution is -2.44. The zero-order valence-electron chi connectivity index (χ0n) is 18.0. The first-order valence-corrected chi connectivity index (χ1v) is 10.2. The van der Waals surface area contributed by atoms with Gasteiger partial charge in [-0.25, -0.2) is 23.2 Å². The number of nitrogens with zero attached hydrogens (tertiary/aromatic N) is 6. The Labute approximate surface area is 193 Å². The molecular weight excluding hydrogens is 450 g/mol. The number of aromatic nitrogens is 6. The number of carbonyl (C=O) groups excluding carboxylic acids is 1. The summed E-state index contributed by atoms with van der Waals surface area (Å²) in [6, 6.07) is 5.02. The van der Waals surface area contributed by atoms with E-state index in [-0.39, 0.29) is 38.8 Å². The molecule has 11 nitrogen and oxygen atoms in total. The van der Waals surface area contributed by atoms with E-state index in [0.717, 1.165) is 0 Å². The smallest absolute Gasteiger partial charge is 0.407 e. The number of halogens is 2. The summed E-state index contributed by atoms with van der Waals surface area (Å²) in [6.45, 7) is 0.134. The van der Waals surface area contributed by atoms with Crippen LogP contribution in [0.25, 0.3) is 33.4 Å². The third-order valence-electron chi connectivity index (χ3n) is 5.49. The highest BCUT2D eigenvalue weighted by atomic mass is 19.3. The lowest BCUT2D eigenvalue weighted by Gasteiger charge is -2.25. The molecule has 4 aromatic heterocycles. The van der Waals surface area contributed by atoms with Crippen LogP contribution >= 0.6 is 0 Å². The highest BCUT2D eigenvalue weighted by Gasteiger charge is 2.34. The Morgan fingerprint density at radius 3 is 3.00 bits per heavy atom. The van der Waals surface area contributed by atoms with Gasteiger partial charge in [0.25, 0.3) is 6.43 Å². The van der Waals surface area contributed by atoms with Gasteiger partial charge in [-0.2, -0.15) is 15.5 Å². The van der Waals surface area contributed by atoms with Crippen molar-refractivity contribution in [3.63, 3.8) is 0 Å². The van der Waals surface area contributed by atoms with Gasteiger partial charge in [0.1, 0.15) is 24.0 Å². The maximum Gasteiger partial charge on any atom is 0.407 e. The van der Waals surface area contributed by atoms with E-state index in [1.165, 1.54) is 16.5 Å². The minimum Gasteiger partial charge on any atom is -0.475 e. The molecule has 0 aromatic carbocycles. The number of carbonyl (C=O) groups is 1. The summed E-state index contributed by atoms with van der Waals surface area (Å²) < 4.78 is 41.5. The molecule has 2 N–H and O–H groups in total. The number of alkyl halides is 2. The Bertz CT molecular complexity index is 1460. The van der Waals surface area contributed by atoms with Crippen LogP contribution in [-0.2, 0) is 18.3 Å². The fourth-order valence-electron chi connectivity index (χ4n) is 4.12. The van der Waals surface area contributed by atoms with Crippen molar-refractivity contribution in [3.8, 4) is 34.3 Å². The van der Waals surface area contributed by atoms with Crippen LogP contribution in [0.5, 0.6) is 5.88 Å². The molecule has 0 bridgehead atoms. The van der Waals surface area contributed by atoms with Crippen LogP contribution in [0.1, 0.15) is 20.7 Å². The molecule has 5 rings (SSSR count). The van der Waals surface area contributed by atoms with Crippen molar-refractivity contribution in [2.75, 3.05) is 13.7 Å². The maximum absolute atomic E-state index is 14.2. The van der Waals surface area contributed by atoms with Crippen LogP contribution in [0.15, 0.2) is 24.5 Å². The maximum atomic E-state index is 14.2. The number of hydrogen-bond donors (Lipinski definition) is 2. The monoisotopic (exact) mass is 472 g/mol. The Balaban J connectivity index is 0.00000180. The van der Waals surface area contributed by atoms with E-state index in [2.05, 4.69) is 36.3 Å². The minimum atomic E-state index is -2.92. The van der Waals surface area contributed by atoms with E-state index < -0.39 is 24.3 Å². The second-order valence-corrected chi connectivity index (χ2v) is 7.64. The number of alkyl carbamates (subject to hydrolysis) is 1. The van der Waals surface area contributed by atoms with E-state index in [9.17, 15) is 18.8 Å². The van der Waals surface area contributed by atoms with Gasteiger partial charge in [-0.05, 0) is 12.1 Å². The molecule has 178 valence electrons. The molecule has 1 atom stereocenters. The van der Waals surface area contributed by atoms with Crippen molar-refractivity contribution in [2.24, 2.45) is 7.05 Å². The number of methoxy groups -OCH3 is 1. The molecule has 1 amide bonds. The molecule has 0 radical (unpaired) electrons. The molecule has 0 aliphatic carbocycles. The lowest BCUT2D eigenvalue weighted by atomic mass is 9.99. The molecule has 1 aliphatic rings. The number of pyridine rings is 1. The lowest BCUT2D eigenvalue weighted by molar-refractivity contribution is 0.138. The zero-order chi connectivity index (χ0) is 24.0. The van der Waals surface area contributed by atoms with Crippen LogP contribution < -0.4 is 10.1 Å². The largest absolute Gasteiger partial charge is 0.475 e. The van der Waals surface area contributed by atoms with Gasteiger partial charge in [0, 0.05) is 38.8 Å². The summed E-state index contributed by atoms with van der Waals surface area (Å²) in [6.07, 6.45) is -0.363. The molecule has 0 spiro atoms. The number of fused-ring (bicyclic) bond motifs is 2. The van der Waals surface area contributed by atoms with Gasteiger partial charge < -0.3 is 19.8 Å². The molecule has 4 aromatic rings. The molecular formula is C21H22F2N8O3. The van der Waals surface area contributed by atoms with E-state index in [1.807, 2.05) is 0 Å². The van der Waals surface area contributed by atoms with Crippen molar-refractivity contribution in [1.29, 1.82) is 5.26 Å². The third-order valence-corrected chi connectivity index (χ3v) is 5.49. The highest BCUT2D eigenvalue weighted by Crippen LogP contribution is 2.46. The van der Waals surface area contributed by atoms with E-state index >= 15 is 0 Å². The number of hydrogen-bond acceptors (Lipinski definition) is 7. The predicted molar refractivity (Wildman–Crippen MR) is 118 cm³/mol. The Morgan fingerprint density at radius 1 is 1.44 bits per heavy atom. The number of amides is 1. The fourth-order valence-corrected chi connectivity index (χ4v) is 4.12. The van der Waals surface area contributed by atoms with Crippen molar-refractivity contribution in [1.82, 2.24) is 34.8 Å². The summed E-state index contributed by atoms with van der Waals surface area (Å²) in [7, 11) is 2.89. The second-order valence-electron chi connectivity index (χ2n) is 7.64. The summed E-state index contributed by atoms with van der Waals surface area (Å²) in [5.74, 6) is 0.119. The highest BCUT2D eigenvalue weighted by molar-refractivity contribution is 6.04. The first-order valence-electron chi connectivity index (χ1n) is 10.2. The molecule has 0 fully saturated rings. The first-order chi connectivity index (χ1) is 16.4. The average Bonchev–Trinajstić information content (AvgIpc) is 3.50. The number of rotatable bonds is 4. The SMILES string of the molecule is COC(=O)N[C@@H]1COc2c(-c3[nH]c4ncccc4c3-c3cn(C)nc3C#N)c(C(F)F)nn2C1.[HH].[HH]. The number of nitriles is 1. The molecule has 13 heteroatoms. The van der Waals surface area contributed by atoms with Gasteiger partial charge >= 0.3 is 6.09 Å². The molecule has 34 heavy (non-hydrogen) atoms. The van der Waals surface area contributed by atoms with E-state index in [0.29, 0.717) is 22.2 Å². The van der Waals surface area contributed by atoms with Crippen molar-refractivity contribution < 1.29 is 25.9 Å². The summed E-state index contributed by atoms with van der Waals surface area (Å²) in [5, 5.41) is 21.1. The molecule has 5 heterocycles. The molecule has 0 unspecified atom stereocenters. The van der Waals surface area contributed by atoms with Gasteiger partial charge in [-0.1, -0.05) is 0 Å². The number of aromatic amines is 1. The molecule has 0 saturated carbocycles. The van der Waals surface area contributed by atoms with E-state index in [1.54, 1.807) is 31.6 Å². The summed E-state index contributed by atoms with van der Waals surface area (Å²) >= 11 is 0. The molecule has 0 saturated heterocycles. The van der Waals surface area contributed by atoms with Crippen LogP contribution in [0.2, 0.25) is 0 Å². The topological polar surface area (TPSA) is 136 Å². The number of H-pyrrole nitrogens is 1. The Kier molecular flexibility index (Phi) is 5.12. The van der Waals surface area contributed by atoms with Crippen LogP contribution in [0.4, 0.5) is 13.6 Å². The minimum absolute atomic E-state index is 0. The summed E-state index contributed by atoms with van der Waals surface area (Å²) in [4.78, 5) is 19.0. The molecule has 1 aliphatic heterocycles. The normalized spacial score (nSPS) is 15.1. The van der Waals surface area contributed by atoms with Gasteiger partial charge in [0.05, 0.1) is 31.0 Å². The number of nitrogens with one attached hydrogen (secondary N) is 2. The van der Waals surface area contributed by atoms with Gasteiger partial charge in [-0.15, -0.1) is 0 Å². The standard InChI is InChI=1S/C21H18F2N8O3.2H2/c1-30-8-12(13(6-24)28-30)14-11-4-3-5-25-19(11)27-16(14)15-17(18(22)23)29-31-7-10(9-34-20(15)31)26-21(32)33-2;;/h3-5,8,10,18H,7,9H2,1-2H3,(H,25,27)(H,26,32);2*1H/t10-;;/m0../s1. The Hall–Kier alpha value is -4.47. The van der Waals surface area contributed by atoms with Crippen molar-refractivity contribution in [2.45, 2.75) is 19.0 Å². The predicted octanol–water partition coefficient (Wildman–Crippen LogP) is 3.25. The van der Waals surface area contributed by atoms with Crippen molar-refractivity contribution in [3.05, 3.63) is 35.9 Å². The van der Waals surface area contributed by atoms with Crippen LogP contribution in [-0.4, -0.2) is 55.4 Å². The van der Waals surface area contributed by atoms with Crippen LogP contribution in [0.3, 0.4) is 0 Å². The quantitative estimate of drug-likeness (QED) is 0.465. The number of aryl methyl sites for hydroxylation is 1. The first kappa shape index (κ1) is 21.4. The van der Waals surface area contributed by atoms with Gasteiger partial charge in [-0.3, -0.25) is 4.68 Å².